The molecule has 1 aliphatic heterocycles. The number of amides is 2. The number of aliphatic carboxylic acids is 1. The molecule has 0 aromatic rings. The molecule has 5 heteroatoms. The average Bonchev–Trinajstić information content (AvgIpc) is 2.52. The van der Waals surface area contributed by atoms with Gasteiger partial charge in [-0.1, -0.05) is 25.7 Å². The summed E-state index contributed by atoms with van der Waals surface area (Å²) in [4.78, 5) is 26.2. The van der Waals surface area contributed by atoms with Crippen molar-refractivity contribution in [3.05, 3.63) is 0 Å². The molecule has 2 fully saturated rings. The van der Waals surface area contributed by atoms with Crippen LogP contribution in [0.15, 0.2) is 0 Å². The van der Waals surface area contributed by atoms with Gasteiger partial charge in [0, 0.05) is 13.1 Å². The maximum absolute atomic E-state index is 12.0. The molecule has 1 aliphatic carbocycles. The third kappa shape index (κ3) is 2.37. The van der Waals surface area contributed by atoms with Gasteiger partial charge in [0.15, 0.2) is 0 Å². The first kappa shape index (κ1) is 12.2. The Kier molecular flexibility index (Phi) is 3.54. The number of carbonyl (C=O) groups is 2. The first-order valence-electron chi connectivity index (χ1n) is 6.37. The van der Waals surface area contributed by atoms with Gasteiger partial charge in [0.2, 0.25) is 0 Å². The summed E-state index contributed by atoms with van der Waals surface area (Å²) in [6.07, 6.45) is 6.80. The van der Waals surface area contributed by atoms with Gasteiger partial charge in [-0.15, -0.1) is 0 Å². The summed E-state index contributed by atoms with van der Waals surface area (Å²) in [5.41, 5.74) is 0. The predicted molar refractivity (Wildman–Crippen MR) is 62.8 cm³/mol. The minimum Gasteiger partial charge on any atom is -0.480 e. The van der Waals surface area contributed by atoms with E-state index in [2.05, 4.69) is 0 Å². The largest absolute Gasteiger partial charge is 0.480 e. The van der Waals surface area contributed by atoms with Crippen LogP contribution in [0.4, 0.5) is 4.79 Å². The number of carbonyl (C=O) groups excluding carboxylic acids is 1. The molecule has 96 valence electrons. The van der Waals surface area contributed by atoms with Gasteiger partial charge < -0.3 is 14.9 Å². The second-order valence-corrected chi connectivity index (χ2v) is 5.05. The van der Waals surface area contributed by atoms with E-state index in [0.717, 1.165) is 25.7 Å². The predicted octanol–water partition coefficient (Wildman–Crippen LogP) is 1.53. The van der Waals surface area contributed by atoms with E-state index in [1.807, 2.05) is 0 Å². The quantitative estimate of drug-likeness (QED) is 0.745. The Bertz CT molecular complexity index is 311. The fourth-order valence-electron chi connectivity index (χ4n) is 2.84. The second-order valence-electron chi connectivity index (χ2n) is 5.05. The third-order valence-electron chi connectivity index (χ3n) is 3.94. The minimum absolute atomic E-state index is 0.121. The molecule has 1 N–H and O–H groups in total. The van der Waals surface area contributed by atoms with Crippen molar-refractivity contribution in [2.75, 3.05) is 13.6 Å². The van der Waals surface area contributed by atoms with Crippen LogP contribution < -0.4 is 0 Å². The van der Waals surface area contributed by atoms with Crippen molar-refractivity contribution in [2.45, 2.75) is 50.6 Å². The molecule has 0 spiro atoms. The van der Waals surface area contributed by atoms with Crippen LogP contribution in [0.5, 0.6) is 0 Å². The lowest BCUT2D eigenvalue weighted by Crippen LogP contribution is -2.38. The standard InChI is InChI=1S/C12H20N2O3/c1-13-10(11(15)16)8-14(12(13)17)9-6-4-2-3-5-7-9/h9-10H,2-8H2,1H3,(H,15,16). The maximum atomic E-state index is 12.0. The first-order chi connectivity index (χ1) is 8.11. The van der Waals surface area contributed by atoms with Gasteiger partial charge in [-0.3, -0.25) is 0 Å². The molecule has 1 heterocycles. The summed E-state index contributed by atoms with van der Waals surface area (Å²) in [6, 6.07) is -0.549. The number of hydrogen-bond donors (Lipinski definition) is 1. The highest BCUT2D eigenvalue weighted by molar-refractivity contribution is 5.86. The summed E-state index contributed by atoms with van der Waals surface area (Å²) in [6.45, 7) is 0.343. The zero-order valence-electron chi connectivity index (χ0n) is 10.3. The molecule has 17 heavy (non-hydrogen) atoms. The molecule has 0 radical (unpaired) electrons. The average molecular weight is 240 g/mol. The molecule has 0 aromatic carbocycles. The highest BCUT2D eigenvalue weighted by Crippen LogP contribution is 2.26. The number of carboxylic acid groups (broad SMARTS) is 1. The fraction of sp³-hybridized carbons (Fsp3) is 0.833. The summed E-state index contributed by atoms with van der Waals surface area (Å²) in [5, 5.41) is 9.05. The minimum atomic E-state index is -0.906. The van der Waals surface area contributed by atoms with E-state index < -0.39 is 12.0 Å². The SMILES string of the molecule is CN1C(=O)N(C2CCCCCC2)CC1C(=O)O. The topological polar surface area (TPSA) is 60.9 Å². The number of carboxylic acids is 1. The lowest BCUT2D eigenvalue weighted by Gasteiger charge is -2.26. The maximum Gasteiger partial charge on any atom is 0.328 e. The van der Waals surface area contributed by atoms with Gasteiger partial charge in [-0.25, -0.2) is 9.59 Å². The molecule has 2 aliphatic rings. The van der Waals surface area contributed by atoms with E-state index in [-0.39, 0.29) is 12.1 Å². The molecule has 1 atom stereocenters. The van der Waals surface area contributed by atoms with E-state index in [1.165, 1.54) is 17.7 Å². The number of urea groups is 1. The molecular formula is C12H20N2O3. The van der Waals surface area contributed by atoms with Crippen molar-refractivity contribution in [1.29, 1.82) is 0 Å². The zero-order chi connectivity index (χ0) is 12.4. The molecule has 2 rings (SSSR count). The Balaban J connectivity index is 2.06. The summed E-state index contributed by atoms with van der Waals surface area (Å²) in [5.74, 6) is -0.906. The Hall–Kier alpha value is -1.26. The van der Waals surface area contributed by atoms with Crippen molar-refractivity contribution in [3.63, 3.8) is 0 Å². The van der Waals surface area contributed by atoms with Crippen LogP contribution >= 0.6 is 0 Å². The van der Waals surface area contributed by atoms with Crippen LogP contribution in [-0.4, -0.2) is 52.6 Å². The number of rotatable bonds is 2. The van der Waals surface area contributed by atoms with Gasteiger partial charge in [0.1, 0.15) is 6.04 Å². The highest BCUT2D eigenvalue weighted by Gasteiger charge is 2.41. The Labute approximate surface area is 101 Å². The van der Waals surface area contributed by atoms with E-state index >= 15 is 0 Å². The molecule has 1 saturated carbocycles. The van der Waals surface area contributed by atoms with Crippen LogP contribution in [-0.2, 0) is 4.79 Å². The van der Waals surface area contributed by atoms with Gasteiger partial charge >= 0.3 is 12.0 Å². The number of likely N-dealkylation sites (N-methyl/N-ethyl adjacent to an activating group) is 1. The first-order valence-corrected chi connectivity index (χ1v) is 6.37. The number of hydrogen-bond acceptors (Lipinski definition) is 2. The van der Waals surface area contributed by atoms with Crippen molar-refractivity contribution in [2.24, 2.45) is 0 Å². The fourth-order valence-corrected chi connectivity index (χ4v) is 2.84. The molecule has 5 nitrogen and oxygen atoms in total. The van der Waals surface area contributed by atoms with Gasteiger partial charge in [-0.2, -0.15) is 0 Å². The Morgan fingerprint density at radius 3 is 2.29 bits per heavy atom. The van der Waals surface area contributed by atoms with Crippen molar-refractivity contribution in [3.8, 4) is 0 Å². The summed E-state index contributed by atoms with van der Waals surface area (Å²) in [7, 11) is 1.58. The van der Waals surface area contributed by atoms with Crippen molar-refractivity contribution >= 4 is 12.0 Å². The summed E-state index contributed by atoms with van der Waals surface area (Å²) < 4.78 is 0. The monoisotopic (exact) mass is 240 g/mol. The highest BCUT2D eigenvalue weighted by atomic mass is 16.4. The lowest BCUT2D eigenvalue weighted by atomic mass is 10.1. The second kappa shape index (κ2) is 4.94. The molecule has 1 unspecified atom stereocenters. The molecule has 1 saturated heterocycles. The van der Waals surface area contributed by atoms with Gasteiger partial charge in [0.05, 0.1) is 6.54 Å². The van der Waals surface area contributed by atoms with Gasteiger partial charge in [-0.05, 0) is 12.8 Å². The molecule has 2 amide bonds. The normalized spacial score (nSPS) is 27.4. The van der Waals surface area contributed by atoms with Crippen LogP contribution in [0, 0.1) is 0 Å². The van der Waals surface area contributed by atoms with Gasteiger partial charge in [0.25, 0.3) is 0 Å². The Morgan fingerprint density at radius 1 is 1.24 bits per heavy atom. The van der Waals surface area contributed by atoms with Crippen LogP contribution in [0.3, 0.4) is 0 Å². The summed E-state index contributed by atoms with van der Waals surface area (Å²) >= 11 is 0. The lowest BCUT2D eigenvalue weighted by molar-refractivity contribution is -0.140. The van der Waals surface area contributed by atoms with Crippen LogP contribution in [0.1, 0.15) is 38.5 Å². The smallest absolute Gasteiger partial charge is 0.328 e. The molecule has 0 bridgehead atoms. The third-order valence-corrected chi connectivity index (χ3v) is 3.94. The van der Waals surface area contributed by atoms with Crippen molar-refractivity contribution < 1.29 is 14.7 Å². The van der Waals surface area contributed by atoms with E-state index in [0.29, 0.717) is 6.54 Å². The van der Waals surface area contributed by atoms with Crippen molar-refractivity contribution in [1.82, 2.24) is 9.80 Å². The van der Waals surface area contributed by atoms with Crippen LogP contribution in [0.25, 0.3) is 0 Å². The van der Waals surface area contributed by atoms with E-state index in [4.69, 9.17) is 5.11 Å². The molecular weight excluding hydrogens is 220 g/mol. The van der Waals surface area contributed by atoms with E-state index in [1.54, 1.807) is 11.9 Å². The number of nitrogens with zero attached hydrogens (tertiary/aromatic N) is 2. The van der Waals surface area contributed by atoms with E-state index in [9.17, 15) is 9.59 Å². The zero-order valence-corrected chi connectivity index (χ0v) is 10.3. The van der Waals surface area contributed by atoms with Crippen LogP contribution in [0.2, 0.25) is 0 Å². The molecule has 0 aromatic heterocycles. The Morgan fingerprint density at radius 2 is 1.82 bits per heavy atom.